The van der Waals surface area contributed by atoms with Crippen molar-refractivity contribution in [1.29, 1.82) is 0 Å². The molecule has 1 aromatic rings. The molecule has 5 rings (SSSR count). The first-order valence-electron chi connectivity index (χ1n) is 12.8. The Balaban J connectivity index is 1.60. The number of aliphatic hydroxyl groups excluding tert-OH is 1. The minimum atomic E-state index is 0.313. The Hall–Kier alpha value is -1.87. The smallest absolute Gasteiger partial charge is 0.156 e. The Morgan fingerprint density at radius 3 is 2.56 bits per heavy atom. The predicted molar refractivity (Wildman–Crippen MR) is 131 cm³/mol. The Labute approximate surface area is 193 Å². The number of fused-ring (bicyclic) bond motifs is 4. The van der Waals surface area contributed by atoms with E-state index in [1.165, 1.54) is 42.5 Å². The van der Waals surface area contributed by atoms with Gasteiger partial charge in [0.05, 0.1) is 0 Å². The summed E-state index contributed by atoms with van der Waals surface area (Å²) >= 11 is 0. The molecule has 0 amide bonds. The molecule has 1 unspecified atom stereocenters. The summed E-state index contributed by atoms with van der Waals surface area (Å²) < 4.78 is 0. The highest BCUT2D eigenvalue weighted by Crippen LogP contribution is 2.66. The average molecular weight is 434 g/mol. The van der Waals surface area contributed by atoms with E-state index < -0.39 is 0 Å². The minimum Gasteiger partial charge on any atom is -0.396 e. The van der Waals surface area contributed by atoms with Gasteiger partial charge < -0.3 is 10.0 Å². The van der Waals surface area contributed by atoms with Crippen molar-refractivity contribution in [1.82, 2.24) is 0 Å². The lowest BCUT2D eigenvalue weighted by atomic mass is 9.51. The van der Waals surface area contributed by atoms with Crippen LogP contribution in [0.25, 0.3) is 0 Å². The van der Waals surface area contributed by atoms with Crippen LogP contribution in [0.5, 0.6) is 0 Å². The second-order valence-corrected chi connectivity index (χ2v) is 11.2. The van der Waals surface area contributed by atoms with Gasteiger partial charge in [0.15, 0.2) is 5.78 Å². The largest absolute Gasteiger partial charge is 0.396 e. The van der Waals surface area contributed by atoms with Gasteiger partial charge in [0.2, 0.25) is 0 Å². The third-order valence-corrected chi connectivity index (χ3v) is 9.45. The number of rotatable bonds is 5. The molecule has 0 radical (unpaired) electrons. The summed E-state index contributed by atoms with van der Waals surface area (Å²) in [4.78, 5) is 14.4. The first kappa shape index (κ1) is 21.9. The summed E-state index contributed by atoms with van der Waals surface area (Å²) in [5, 5.41) is 9.50. The summed E-state index contributed by atoms with van der Waals surface area (Å²) in [6, 6.07) is 9.26. The van der Waals surface area contributed by atoms with Crippen LogP contribution in [-0.2, 0) is 4.79 Å². The SMILES string of the molecule is CN(C)c1ccc([C@H]2C[C@@]3(C)C(CCCO)CC[C@H]3[C@@H]3CCC4=CC(=O)CCC4=C32)cc1. The first-order chi connectivity index (χ1) is 15.4. The number of ketones is 1. The number of benzene rings is 1. The number of aliphatic hydroxyl groups is 1. The van der Waals surface area contributed by atoms with E-state index in [2.05, 4.69) is 50.2 Å². The molecule has 0 saturated heterocycles. The van der Waals surface area contributed by atoms with Crippen LogP contribution in [0.3, 0.4) is 0 Å². The summed E-state index contributed by atoms with van der Waals surface area (Å²) in [6.45, 7) is 2.89. The van der Waals surface area contributed by atoms with Crippen molar-refractivity contribution in [3.05, 3.63) is 52.6 Å². The number of hydrogen-bond acceptors (Lipinski definition) is 3. The van der Waals surface area contributed by atoms with Crippen LogP contribution in [0.15, 0.2) is 47.1 Å². The van der Waals surface area contributed by atoms with Crippen LogP contribution in [-0.4, -0.2) is 31.6 Å². The van der Waals surface area contributed by atoms with Crippen LogP contribution in [0.1, 0.15) is 76.2 Å². The summed E-state index contributed by atoms with van der Waals surface area (Å²) in [7, 11) is 4.20. The van der Waals surface area contributed by atoms with Gasteiger partial charge in [-0.15, -0.1) is 0 Å². The third kappa shape index (κ3) is 3.57. The molecule has 0 spiro atoms. The van der Waals surface area contributed by atoms with E-state index in [1.807, 2.05) is 6.08 Å². The molecule has 2 fully saturated rings. The van der Waals surface area contributed by atoms with E-state index >= 15 is 0 Å². The van der Waals surface area contributed by atoms with E-state index in [0.717, 1.165) is 37.5 Å². The fourth-order valence-corrected chi connectivity index (χ4v) is 7.88. The Morgan fingerprint density at radius 2 is 1.84 bits per heavy atom. The number of anilines is 1. The fourth-order valence-electron chi connectivity index (χ4n) is 7.88. The zero-order valence-corrected chi connectivity index (χ0v) is 20.1. The van der Waals surface area contributed by atoms with Crippen LogP contribution in [0.4, 0.5) is 5.69 Å². The number of nitrogens with zero attached hydrogens (tertiary/aromatic N) is 1. The van der Waals surface area contributed by atoms with E-state index in [1.54, 1.807) is 11.1 Å². The number of carbonyl (C=O) groups excluding carboxylic acids is 1. The monoisotopic (exact) mass is 433 g/mol. The van der Waals surface area contributed by atoms with Gasteiger partial charge in [0, 0.05) is 38.7 Å². The first-order valence-corrected chi connectivity index (χ1v) is 12.8. The zero-order valence-electron chi connectivity index (χ0n) is 20.1. The van der Waals surface area contributed by atoms with Crippen LogP contribution < -0.4 is 4.90 Å². The van der Waals surface area contributed by atoms with Crippen molar-refractivity contribution >= 4 is 11.5 Å². The summed E-state index contributed by atoms with van der Waals surface area (Å²) in [6.07, 6.45) is 11.8. The van der Waals surface area contributed by atoms with E-state index in [4.69, 9.17) is 0 Å². The molecule has 0 heterocycles. The van der Waals surface area contributed by atoms with Crippen molar-refractivity contribution in [3.8, 4) is 0 Å². The van der Waals surface area contributed by atoms with Gasteiger partial charge in [-0.2, -0.15) is 0 Å². The Kier molecular flexibility index (Phi) is 5.82. The number of allylic oxidation sites excluding steroid dienone is 4. The van der Waals surface area contributed by atoms with Crippen LogP contribution >= 0.6 is 0 Å². The van der Waals surface area contributed by atoms with Crippen LogP contribution in [0, 0.1) is 23.2 Å². The molecular formula is C29H39NO2. The maximum absolute atomic E-state index is 12.2. The maximum atomic E-state index is 12.2. The molecule has 4 aliphatic rings. The third-order valence-electron chi connectivity index (χ3n) is 9.45. The minimum absolute atomic E-state index is 0.313. The molecule has 4 aliphatic carbocycles. The van der Waals surface area contributed by atoms with Crippen molar-refractivity contribution in [2.24, 2.45) is 23.2 Å². The highest BCUT2D eigenvalue weighted by molar-refractivity contribution is 5.93. The van der Waals surface area contributed by atoms with Crippen molar-refractivity contribution in [2.75, 3.05) is 25.6 Å². The molecule has 1 N–H and O–H groups in total. The number of hydrogen-bond donors (Lipinski definition) is 1. The van der Waals surface area contributed by atoms with Gasteiger partial charge in [-0.25, -0.2) is 0 Å². The molecule has 1 aromatic carbocycles. The molecule has 3 heteroatoms. The Morgan fingerprint density at radius 1 is 1.06 bits per heavy atom. The lowest BCUT2D eigenvalue weighted by Gasteiger charge is -2.53. The van der Waals surface area contributed by atoms with Gasteiger partial charge in [0.1, 0.15) is 0 Å². The van der Waals surface area contributed by atoms with Crippen molar-refractivity contribution < 1.29 is 9.90 Å². The summed E-state index contributed by atoms with van der Waals surface area (Å²) in [5.41, 5.74) is 7.63. The lowest BCUT2D eigenvalue weighted by molar-refractivity contribution is -0.114. The molecule has 0 aliphatic heterocycles. The maximum Gasteiger partial charge on any atom is 0.156 e. The molecule has 2 saturated carbocycles. The number of carbonyl (C=O) groups is 1. The van der Waals surface area contributed by atoms with Gasteiger partial charge in [0.25, 0.3) is 0 Å². The summed E-state index contributed by atoms with van der Waals surface area (Å²) in [5.74, 6) is 2.91. The van der Waals surface area contributed by atoms with Gasteiger partial charge in [-0.3, -0.25) is 4.79 Å². The highest BCUT2D eigenvalue weighted by Gasteiger charge is 2.56. The average Bonchev–Trinajstić information content (AvgIpc) is 3.12. The van der Waals surface area contributed by atoms with Crippen molar-refractivity contribution in [2.45, 2.75) is 70.6 Å². The van der Waals surface area contributed by atoms with Gasteiger partial charge in [-0.05, 0) is 109 Å². The quantitative estimate of drug-likeness (QED) is 0.615. The van der Waals surface area contributed by atoms with Crippen molar-refractivity contribution in [3.63, 3.8) is 0 Å². The fraction of sp³-hybridized carbons (Fsp3) is 0.621. The zero-order chi connectivity index (χ0) is 22.5. The predicted octanol–water partition coefficient (Wildman–Crippen LogP) is 6.04. The molecule has 172 valence electrons. The van der Waals surface area contributed by atoms with E-state index in [0.29, 0.717) is 36.1 Å². The lowest BCUT2D eigenvalue weighted by Crippen LogP contribution is -2.43. The van der Waals surface area contributed by atoms with Gasteiger partial charge in [-0.1, -0.05) is 24.6 Å². The molecule has 0 aromatic heterocycles. The van der Waals surface area contributed by atoms with E-state index in [-0.39, 0.29) is 0 Å². The second-order valence-electron chi connectivity index (χ2n) is 11.2. The molecule has 5 atom stereocenters. The standard InChI is InChI=1S/C29H39NO2/c1-29-18-26(19-6-10-22(11-7-19)30(2)3)28-24-14-12-23(32)17-20(24)8-13-25(28)27(29)15-9-21(29)5-4-16-31/h6-7,10-11,17,21,25-27,31H,4-5,8-9,12-16,18H2,1-3H3/t21?,25-,26+,27-,29-/m0/s1. The Bertz CT molecular complexity index is 940. The topological polar surface area (TPSA) is 40.5 Å². The molecule has 32 heavy (non-hydrogen) atoms. The second kappa shape index (κ2) is 8.48. The van der Waals surface area contributed by atoms with E-state index in [9.17, 15) is 9.90 Å². The van der Waals surface area contributed by atoms with Crippen LogP contribution in [0.2, 0.25) is 0 Å². The highest BCUT2D eigenvalue weighted by atomic mass is 16.2. The molecular weight excluding hydrogens is 394 g/mol. The molecule has 3 nitrogen and oxygen atoms in total. The van der Waals surface area contributed by atoms with Gasteiger partial charge >= 0.3 is 0 Å². The molecule has 0 bridgehead atoms. The normalized spacial score (nSPS) is 34.0.